The Morgan fingerprint density at radius 2 is 1.82 bits per heavy atom. The van der Waals surface area contributed by atoms with E-state index in [-0.39, 0.29) is 17.7 Å². The smallest absolute Gasteiger partial charge is 0.254 e. The van der Waals surface area contributed by atoms with Gasteiger partial charge in [0.25, 0.3) is 5.91 Å². The molecule has 0 radical (unpaired) electrons. The number of benzene rings is 1. The monoisotopic (exact) mass is 563 g/mol. The van der Waals surface area contributed by atoms with Crippen molar-refractivity contribution in [2.75, 3.05) is 23.7 Å². The Balaban J connectivity index is 0.000000170. The average molecular weight is 564 g/mol. The van der Waals surface area contributed by atoms with Gasteiger partial charge in [-0.1, -0.05) is 50.6 Å². The van der Waals surface area contributed by atoms with Crippen LogP contribution in [0.1, 0.15) is 91.6 Å². The number of hydrogen-bond acceptors (Lipinski definition) is 5. The van der Waals surface area contributed by atoms with Gasteiger partial charge in [-0.3, -0.25) is 9.59 Å². The van der Waals surface area contributed by atoms with Crippen molar-refractivity contribution in [2.45, 2.75) is 84.5 Å². The van der Waals surface area contributed by atoms with Gasteiger partial charge >= 0.3 is 0 Å². The van der Waals surface area contributed by atoms with E-state index in [2.05, 4.69) is 64.0 Å². The number of nitrogens with one attached hydrogen (secondary N) is 4. The van der Waals surface area contributed by atoms with Crippen LogP contribution in [0.3, 0.4) is 0 Å². The van der Waals surface area contributed by atoms with Crippen LogP contribution in [0, 0.1) is 11.8 Å². The highest BCUT2D eigenvalue weighted by Gasteiger charge is 2.33. The number of carbonyl (C=O) groups excluding carboxylic acids is 2. The Morgan fingerprint density at radius 1 is 1.05 bits per heavy atom. The van der Waals surface area contributed by atoms with Crippen molar-refractivity contribution in [2.24, 2.45) is 11.8 Å². The van der Waals surface area contributed by atoms with Crippen molar-refractivity contribution >= 4 is 34.1 Å². The molecule has 3 aliphatic carbocycles. The normalized spacial score (nSPS) is 15.4. The van der Waals surface area contributed by atoms with Gasteiger partial charge in [0.05, 0.1) is 5.56 Å². The molecule has 1 aromatic carbocycles. The predicted octanol–water partition coefficient (Wildman–Crippen LogP) is 6.99. The van der Waals surface area contributed by atoms with Crippen LogP contribution in [-0.4, -0.2) is 34.9 Å². The maximum absolute atomic E-state index is 12.6. The lowest BCUT2D eigenvalue weighted by molar-refractivity contribution is -0.117. The molecule has 0 atom stereocenters. The zero-order valence-electron chi connectivity index (χ0n) is 24.1. The Labute approximate surface area is 243 Å². The minimum atomic E-state index is 0.0115. The largest absolute Gasteiger partial charge is 0.356 e. The summed E-state index contributed by atoms with van der Waals surface area (Å²) in [5.41, 5.74) is 3.36. The Morgan fingerprint density at radius 3 is 2.45 bits per heavy atom. The van der Waals surface area contributed by atoms with Gasteiger partial charge in [0, 0.05) is 36.3 Å². The first kappa shape index (κ1) is 29.8. The second-order valence-corrected chi connectivity index (χ2v) is 12.0. The van der Waals surface area contributed by atoms with E-state index in [0.717, 1.165) is 68.1 Å². The SMILES string of the molecule is CCCCNc1ncc[nH]1.CCc1ccccc1.O=C(NCC1CC1)c1c(NC(=O)C2CC2)sc2c1CCCC2. The van der Waals surface area contributed by atoms with Crippen LogP contribution in [0.15, 0.2) is 42.7 Å². The molecule has 3 aromatic rings. The summed E-state index contributed by atoms with van der Waals surface area (Å²) < 4.78 is 0. The highest BCUT2D eigenvalue weighted by molar-refractivity contribution is 7.17. The van der Waals surface area contributed by atoms with E-state index >= 15 is 0 Å². The topological polar surface area (TPSA) is 98.9 Å². The number of imidazole rings is 1. The predicted molar refractivity (Wildman–Crippen MR) is 165 cm³/mol. The molecule has 8 heteroatoms. The van der Waals surface area contributed by atoms with Crippen LogP contribution in [0.25, 0.3) is 0 Å². The van der Waals surface area contributed by atoms with Crippen LogP contribution in [0.4, 0.5) is 10.9 Å². The second-order valence-electron chi connectivity index (χ2n) is 10.9. The number of aromatic amines is 1. The zero-order chi connectivity index (χ0) is 28.2. The Hall–Kier alpha value is -3.13. The number of carbonyl (C=O) groups is 2. The third-order valence-corrected chi connectivity index (χ3v) is 8.61. The molecule has 0 bridgehead atoms. The molecule has 2 heterocycles. The Bertz CT molecular complexity index is 1180. The van der Waals surface area contributed by atoms with Crippen molar-refractivity contribution < 1.29 is 9.59 Å². The van der Waals surface area contributed by atoms with Gasteiger partial charge in [0.2, 0.25) is 5.91 Å². The molecule has 216 valence electrons. The molecule has 7 nitrogen and oxygen atoms in total. The van der Waals surface area contributed by atoms with Crippen molar-refractivity contribution in [1.82, 2.24) is 15.3 Å². The van der Waals surface area contributed by atoms with E-state index in [1.165, 1.54) is 48.1 Å². The van der Waals surface area contributed by atoms with Crippen LogP contribution in [0.2, 0.25) is 0 Å². The summed E-state index contributed by atoms with van der Waals surface area (Å²) in [5, 5.41) is 10.1. The number of aromatic nitrogens is 2. The molecule has 2 aromatic heterocycles. The van der Waals surface area contributed by atoms with E-state index in [0.29, 0.717) is 5.92 Å². The van der Waals surface area contributed by atoms with Crippen molar-refractivity contribution in [3.63, 3.8) is 0 Å². The quantitative estimate of drug-likeness (QED) is 0.200. The molecule has 3 aliphatic rings. The first-order valence-electron chi connectivity index (χ1n) is 15.1. The number of rotatable bonds is 10. The summed E-state index contributed by atoms with van der Waals surface area (Å²) in [6.45, 7) is 6.11. The maximum Gasteiger partial charge on any atom is 0.254 e. The van der Waals surface area contributed by atoms with E-state index < -0.39 is 0 Å². The number of anilines is 2. The van der Waals surface area contributed by atoms with Gasteiger partial charge in [-0.05, 0) is 81.3 Å². The highest BCUT2D eigenvalue weighted by atomic mass is 32.1. The lowest BCUT2D eigenvalue weighted by Gasteiger charge is -2.13. The van der Waals surface area contributed by atoms with E-state index in [4.69, 9.17) is 0 Å². The van der Waals surface area contributed by atoms with E-state index in [1.54, 1.807) is 17.5 Å². The van der Waals surface area contributed by atoms with E-state index in [9.17, 15) is 9.59 Å². The van der Waals surface area contributed by atoms with Crippen LogP contribution < -0.4 is 16.0 Å². The lowest BCUT2D eigenvalue weighted by Crippen LogP contribution is -2.27. The summed E-state index contributed by atoms with van der Waals surface area (Å²) in [5.74, 6) is 1.81. The van der Waals surface area contributed by atoms with Crippen LogP contribution in [0.5, 0.6) is 0 Å². The fraction of sp³-hybridized carbons (Fsp3) is 0.531. The van der Waals surface area contributed by atoms with Crippen molar-refractivity contribution in [3.8, 4) is 0 Å². The molecular formula is C32H45N5O2S. The average Bonchev–Trinajstić information content (AvgIpc) is 3.92. The fourth-order valence-corrected chi connectivity index (χ4v) is 5.85. The molecular weight excluding hydrogens is 518 g/mol. The number of amides is 2. The summed E-state index contributed by atoms with van der Waals surface area (Å²) in [7, 11) is 0. The van der Waals surface area contributed by atoms with Gasteiger partial charge in [0.1, 0.15) is 5.00 Å². The minimum absolute atomic E-state index is 0.0115. The maximum atomic E-state index is 12.6. The number of hydrogen-bond donors (Lipinski definition) is 4. The molecule has 2 amide bonds. The van der Waals surface area contributed by atoms with Gasteiger partial charge in [-0.15, -0.1) is 11.3 Å². The third kappa shape index (κ3) is 9.51. The van der Waals surface area contributed by atoms with E-state index in [1.807, 2.05) is 12.3 Å². The molecule has 40 heavy (non-hydrogen) atoms. The fourth-order valence-electron chi connectivity index (χ4n) is 4.56. The number of H-pyrrole nitrogens is 1. The van der Waals surface area contributed by atoms with Gasteiger partial charge in [0.15, 0.2) is 5.95 Å². The number of nitrogens with zero attached hydrogens (tertiary/aromatic N) is 1. The molecule has 2 saturated carbocycles. The molecule has 0 aliphatic heterocycles. The summed E-state index contributed by atoms with van der Waals surface area (Å²) in [6, 6.07) is 10.5. The first-order valence-corrected chi connectivity index (χ1v) is 15.9. The number of fused-ring (bicyclic) bond motifs is 1. The minimum Gasteiger partial charge on any atom is -0.356 e. The summed E-state index contributed by atoms with van der Waals surface area (Å²) in [6.07, 6.45) is 15.9. The Kier molecular flexibility index (Phi) is 11.6. The molecule has 0 spiro atoms. The van der Waals surface area contributed by atoms with Crippen LogP contribution >= 0.6 is 11.3 Å². The van der Waals surface area contributed by atoms with Crippen LogP contribution in [-0.2, 0) is 24.1 Å². The second kappa shape index (κ2) is 15.6. The number of thiophene rings is 1. The number of aryl methyl sites for hydroxylation is 2. The van der Waals surface area contributed by atoms with Gasteiger partial charge in [-0.2, -0.15) is 0 Å². The number of unbranched alkanes of at least 4 members (excludes halogenated alkanes) is 1. The highest BCUT2D eigenvalue weighted by Crippen LogP contribution is 2.40. The van der Waals surface area contributed by atoms with Crippen molar-refractivity contribution in [3.05, 3.63) is 64.3 Å². The zero-order valence-corrected chi connectivity index (χ0v) is 24.9. The standard InChI is InChI=1S/C17H22N2O2S.C8H10.C7H13N3/c20-15(11-7-8-11)19-17-14(16(21)18-9-10-5-6-10)12-3-1-2-4-13(12)22-17;1-2-8-6-4-3-5-7-8;1-2-3-4-8-7-9-5-6-10-7/h10-11H,1-9H2,(H,18,21)(H,19,20);3-7H,2H2,1H3;5-6H,2-4H2,1H3,(H2,8,9,10). The van der Waals surface area contributed by atoms with Crippen molar-refractivity contribution in [1.29, 1.82) is 0 Å². The molecule has 6 rings (SSSR count). The van der Waals surface area contributed by atoms with Gasteiger partial charge < -0.3 is 20.9 Å². The van der Waals surface area contributed by atoms with Gasteiger partial charge in [-0.25, -0.2) is 4.98 Å². The summed E-state index contributed by atoms with van der Waals surface area (Å²) >= 11 is 1.62. The molecule has 0 unspecified atom stereocenters. The first-order chi connectivity index (χ1) is 19.6. The summed E-state index contributed by atoms with van der Waals surface area (Å²) in [4.78, 5) is 33.0. The lowest BCUT2D eigenvalue weighted by atomic mass is 9.95. The molecule has 4 N–H and O–H groups in total. The third-order valence-electron chi connectivity index (χ3n) is 7.40. The molecule has 2 fully saturated rings. The molecule has 0 saturated heterocycles.